The van der Waals surface area contributed by atoms with Crippen molar-refractivity contribution in [3.05, 3.63) is 18.5 Å². The molecular formula is C14H26N4. The van der Waals surface area contributed by atoms with Gasteiger partial charge >= 0.3 is 0 Å². The Morgan fingerprint density at radius 1 is 1.39 bits per heavy atom. The third kappa shape index (κ3) is 3.82. The summed E-state index contributed by atoms with van der Waals surface area (Å²) in [4.78, 5) is 2.61. The maximum atomic E-state index is 4.28. The van der Waals surface area contributed by atoms with Gasteiger partial charge in [-0.1, -0.05) is 13.3 Å². The fourth-order valence-corrected chi connectivity index (χ4v) is 2.72. The van der Waals surface area contributed by atoms with Crippen LogP contribution in [-0.2, 0) is 6.54 Å². The lowest BCUT2D eigenvalue weighted by Gasteiger charge is -2.28. The predicted octanol–water partition coefficient (Wildman–Crippen LogP) is 1.74. The van der Waals surface area contributed by atoms with Gasteiger partial charge in [-0.2, -0.15) is 5.10 Å². The van der Waals surface area contributed by atoms with Crippen LogP contribution in [0.5, 0.6) is 0 Å². The van der Waals surface area contributed by atoms with Gasteiger partial charge in [-0.3, -0.25) is 9.58 Å². The second kappa shape index (κ2) is 6.90. The minimum Gasteiger partial charge on any atom is -0.313 e. The first kappa shape index (κ1) is 13.6. The van der Waals surface area contributed by atoms with E-state index in [1.165, 1.54) is 25.8 Å². The van der Waals surface area contributed by atoms with Gasteiger partial charge in [0, 0.05) is 37.6 Å². The summed E-state index contributed by atoms with van der Waals surface area (Å²) >= 11 is 0. The SMILES string of the molecule is CCCC1CN(CCn2cccn2)C(C)CCN1. The summed E-state index contributed by atoms with van der Waals surface area (Å²) in [5.74, 6) is 0. The highest BCUT2D eigenvalue weighted by molar-refractivity contribution is 4.82. The number of rotatable bonds is 5. The third-order valence-electron chi connectivity index (χ3n) is 3.89. The molecule has 1 aromatic heterocycles. The van der Waals surface area contributed by atoms with Crippen LogP contribution in [-0.4, -0.2) is 46.4 Å². The molecule has 0 bridgehead atoms. The number of aromatic nitrogens is 2. The molecule has 0 radical (unpaired) electrons. The van der Waals surface area contributed by atoms with Gasteiger partial charge in [-0.05, 0) is 32.4 Å². The summed E-state index contributed by atoms with van der Waals surface area (Å²) in [7, 11) is 0. The van der Waals surface area contributed by atoms with Crippen molar-refractivity contribution in [1.29, 1.82) is 0 Å². The van der Waals surface area contributed by atoms with Crippen LogP contribution in [0.2, 0.25) is 0 Å². The molecule has 2 unspecified atom stereocenters. The Morgan fingerprint density at radius 2 is 2.28 bits per heavy atom. The molecule has 0 aliphatic carbocycles. The molecule has 4 heteroatoms. The molecule has 0 saturated carbocycles. The lowest BCUT2D eigenvalue weighted by atomic mass is 10.1. The van der Waals surface area contributed by atoms with Crippen LogP contribution in [0.3, 0.4) is 0 Å². The smallest absolute Gasteiger partial charge is 0.0536 e. The van der Waals surface area contributed by atoms with Crippen molar-refractivity contribution in [3.63, 3.8) is 0 Å². The highest BCUT2D eigenvalue weighted by atomic mass is 15.3. The summed E-state index contributed by atoms with van der Waals surface area (Å²) in [5, 5.41) is 7.95. The van der Waals surface area contributed by atoms with Crippen LogP contribution in [0.25, 0.3) is 0 Å². The van der Waals surface area contributed by atoms with E-state index in [9.17, 15) is 0 Å². The van der Waals surface area contributed by atoms with Gasteiger partial charge in [0.05, 0.1) is 6.54 Å². The van der Waals surface area contributed by atoms with Crippen LogP contribution in [0.1, 0.15) is 33.1 Å². The van der Waals surface area contributed by atoms with E-state index in [0.29, 0.717) is 12.1 Å². The standard InChI is InChI=1S/C14H26N4/c1-3-5-14-12-17(13(2)6-8-15-14)10-11-18-9-4-7-16-18/h4,7,9,13-15H,3,5-6,8,10-12H2,1-2H3. The lowest BCUT2D eigenvalue weighted by molar-refractivity contribution is 0.192. The average Bonchev–Trinajstić information content (AvgIpc) is 2.81. The zero-order valence-corrected chi connectivity index (χ0v) is 11.7. The summed E-state index contributed by atoms with van der Waals surface area (Å²) in [6, 6.07) is 3.33. The van der Waals surface area contributed by atoms with Crippen LogP contribution >= 0.6 is 0 Å². The molecule has 0 amide bonds. The first-order valence-corrected chi connectivity index (χ1v) is 7.24. The Bertz CT molecular complexity index is 323. The van der Waals surface area contributed by atoms with Crippen molar-refractivity contribution in [3.8, 4) is 0 Å². The van der Waals surface area contributed by atoms with Crippen molar-refractivity contribution in [2.45, 2.75) is 51.7 Å². The Hall–Kier alpha value is -0.870. The Balaban J connectivity index is 1.86. The lowest BCUT2D eigenvalue weighted by Crippen LogP contribution is -2.41. The summed E-state index contributed by atoms with van der Waals surface area (Å²) < 4.78 is 2.03. The van der Waals surface area contributed by atoms with Gasteiger partial charge in [-0.25, -0.2) is 0 Å². The molecule has 1 aromatic rings. The van der Waals surface area contributed by atoms with Crippen molar-refractivity contribution >= 4 is 0 Å². The fraction of sp³-hybridized carbons (Fsp3) is 0.786. The molecule has 0 spiro atoms. The molecule has 1 aliphatic rings. The maximum absolute atomic E-state index is 4.28. The maximum Gasteiger partial charge on any atom is 0.0536 e. The molecule has 18 heavy (non-hydrogen) atoms. The first-order valence-electron chi connectivity index (χ1n) is 7.24. The van der Waals surface area contributed by atoms with Gasteiger partial charge in [0.1, 0.15) is 0 Å². The highest BCUT2D eigenvalue weighted by Crippen LogP contribution is 2.11. The van der Waals surface area contributed by atoms with Crippen LogP contribution < -0.4 is 5.32 Å². The number of nitrogens with one attached hydrogen (secondary N) is 1. The second-order valence-corrected chi connectivity index (χ2v) is 5.34. The second-order valence-electron chi connectivity index (χ2n) is 5.34. The van der Waals surface area contributed by atoms with Crippen molar-refractivity contribution < 1.29 is 0 Å². The van der Waals surface area contributed by atoms with E-state index < -0.39 is 0 Å². The minimum absolute atomic E-state index is 0.664. The van der Waals surface area contributed by atoms with Gasteiger partial charge in [0.25, 0.3) is 0 Å². The Morgan fingerprint density at radius 3 is 3.00 bits per heavy atom. The van der Waals surface area contributed by atoms with Crippen LogP contribution in [0.4, 0.5) is 0 Å². The zero-order valence-electron chi connectivity index (χ0n) is 11.7. The number of hydrogen-bond donors (Lipinski definition) is 1. The summed E-state index contributed by atoms with van der Waals surface area (Å²) in [5.41, 5.74) is 0. The number of nitrogens with zero attached hydrogens (tertiary/aromatic N) is 3. The molecule has 102 valence electrons. The molecule has 4 nitrogen and oxygen atoms in total. The monoisotopic (exact) mass is 250 g/mol. The zero-order chi connectivity index (χ0) is 12.8. The topological polar surface area (TPSA) is 33.1 Å². The minimum atomic E-state index is 0.664. The van der Waals surface area contributed by atoms with E-state index in [4.69, 9.17) is 0 Å². The highest BCUT2D eigenvalue weighted by Gasteiger charge is 2.21. The van der Waals surface area contributed by atoms with Gasteiger partial charge in [0.2, 0.25) is 0 Å². The van der Waals surface area contributed by atoms with E-state index >= 15 is 0 Å². The van der Waals surface area contributed by atoms with E-state index in [2.05, 4.69) is 29.2 Å². The quantitative estimate of drug-likeness (QED) is 0.864. The predicted molar refractivity (Wildman–Crippen MR) is 74.6 cm³/mol. The van der Waals surface area contributed by atoms with Crippen molar-refractivity contribution in [1.82, 2.24) is 20.0 Å². The molecular weight excluding hydrogens is 224 g/mol. The first-order chi connectivity index (χ1) is 8.79. The summed E-state index contributed by atoms with van der Waals surface area (Å²) in [6.45, 7) is 9.05. The molecule has 1 aliphatic heterocycles. The van der Waals surface area contributed by atoms with Gasteiger partial charge < -0.3 is 5.32 Å². The van der Waals surface area contributed by atoms with E-state index in [-0.39, 0.29) is 0 Å². The molecule has 2 rings (SSSR count). The van der Waals surface area contributed by atoms with Gasteiger partial charge in [-0.15, -0.1) is 0 Å². The molecule has 2 heterocycles. The average molecular weight is 250 g/mol. The van der Waals surface area contributed by atoms with E-state index in [0.717, 1.165) is 19.6 Å². The van der Waals surface area contributed by atoms with Crippen LogP contribution in [0, 0.1) is 0 Å². The Kier molecular flexibility index (Phi) is 5.20. The fourth-order valence-electron chi connectivity index (χ4n) is 2.72. The van der Waals surface area contributed by atoms with Crippen molar-refractivity contribution in [2.24, 2.45) is 0 Å². The molecule has 0 aromatic carbocycles. The van der Waals surface area contributed by atoms with Crippen LogP contribution in [0.15, 0.2) is 18.5 Å². The largest absolute Gasteiger partial charge is 0.313 e. The Labute approximate surface area is 110 Å². The third-order valence-corrected chi connectivity index (χ3v) is 3.89. The van der Waals surface area contributed by atoms with Gasteiger partial charge in [0.15, 0.2) is 0 Å². The van der Waals surface area contributed by atoms with E-state index in [1.54, 1.807) is 0 Å². The van der Waals surface area contributed by atoms with Crippen molar-refractivity contribution in [2.75, 3.05) is 19.6 Å². The summed E-state index contributed by atoms with van der Waals surface area (Å²) in [6.07, 6.45) is 7.70. The normalized spacial score (nSPS) is 26.1. The molecule has 2 atom stereocenters. The van der Waals surface area contributed by atoms with E-state index in [1.807, 2.05) is 23.1 Å². The molecule has 1 saturated heterocycles. The molecule has 1 fully saturated rings. The molecule has 1 N–H and O–H groups in total. The number of hydrogen-bond acceptors (Lipinski definition) is 3.